The number of rotatable bonds is 1. The second-order valence-corrected chi connectivity index (χ2v) is 3.37. The molecule has 2 heteroatoms. The van der Waals surface area contributed by atoms with Gasteiger partial charge in [-0.2, -0.15) is 0 Å². The predicted octanol–water partition coefficient (Wildman–Crippen LogP) is 1.15. The van der Waals surface area contributed by atoms with Crippen molar-refractivity contribution in [3.05, 3.63) is 30.1 Å². The first kappa shape index (κ1) is 8.28. The van der Waals surface area contributed by atoms with Crippen LogP contribution in [0, 0.1) is 11.8 Å². The average molecular weight is 173 g/mol. The number of hydrogen-bond donors (Lipinski definition) is 1. The van der Waals surface area contributed by atoms with Gasteiger partial charge in [0.15, 0.2) is 0 Å². The summed E-state index contributed by atoms with van der Waals surface area (Å²) >= 11 is 0. The van der Waals surface area contributed by atoms with Gasteiger partial charge in [-0.25, -0.2) is 0 Å². The van der Waals surface area contributed by atoms with Gasteiger partial charge in [-0.3, -0.25) is 4.98 Å². The molecule has 1 fully saturated rings. The van der Waals surface area contributed by atoms with E-state index in [1.54, 1.807) is 12.4 Å². The van der Waals surface area contributed by atoms with Crippen LogP contribution in [0.2, 0.25) is 0 Å². The van der Waals surface area contributed by atoms with Crippen LogP contribution in [0.15, 0.2) is 24.5 Å². The van der Waals surface area contributed by atoms with Gasteiger partial charge < -0.3 is 5.11 Å². The highest BCUT2D eigenvalue weighted by Crippen LogP contribution is 2.33. The van der Waals surface area contributed by atoms with Gasteiger partial charge in [0.1, 0.15) is 5.60 Å². The highest BCUT2D eigenvalue weighted by atomic mass is 16.3. The molecule has 0 spiro atoms. The topological polar surface area (TPSA) is 33.1 Å². The minimum absolute atomic E-state index is 0.646. The lowest BCUT2D eigenvalue weighted by molar-refractivity contribution is 0.212. The van der Waals surface area contributed by atoms with E-state index in [1.807, 2.05) is 12.1 Å². The van der Waals surface area contributed by atoms with Gasteiger partial charge in [-0.15, -0.1) is 0 Å². The smallest absolute Gasteiger partial charge is 0.125 e. The number of aromatic nitrogens is 1. The van der Waals surface area contributed by atoms with Crippen molar-refractivity contribution in [3.63, 3.8) is 0 Å². The van der Waals surface area contributed by atoms with Gasteiger partial charge >= 0.3 is 0 Å². The van der Waals surface area contributed by atoms with Gasteiger partial charge in [0.25, 0.3) is 0 Å². The van der Waals surface area contributed by atoms with E-state index < -0.39 is 5.60 Å². The molecular weight excluding hydrogens is 162 g/mol. The maximum atomic E-state index is 9.42. The summed E-state index contributed by atoms with van der Waals surface area (Å²) in [7, 11) is 0. The Hall–Kier alpha value is -1.33. The molecular formula is C11H11NO. The zero-order chi connectivity index (χ0) is 9.15. The second-order valence-electron chi connectivity index (χ2n) is 3.37. The summed E-state index contributed by atoms with van der Waals surface area (Å²) in [4.78, 5) is 3.92. The van der Waals surface area contributed by atoms with E-state index in [4.69, 9.17) is 0 Å². The van der Waals surface area contributed by atoms with Crippen molar-refractivity contribution in [3.8, 4) is 11.8 Å². The lowest BCUT2D eigenvalue weighted by atomic mass is 10.2. The lowest BCUT2D eigenvalue weighted by Crippen LogP contribution is -2.00. The minimum Gasteiger partial charge on any atom is -0.378 e. The first-order chi connectivity index (χ1) is 6.29. The molecule has 1 aromatic heterocycles. The van der Waals surface area contributed by atoms with Crippen LogP contribution in [0.3, 0.4) is 0 Å². The van der Waals surface area contributed by atoms with E-state index in [9.17, 15) is 5.11 Å². The van der Waals surface area contributed by atoms with Crippen molar-refractivity contribution >= 4 is 0 Å². The maximum absolute atomic E-state index is 9.42. The van der Waals surface area contributed by atoms with Gasteiger partial charge in [-0.05, 0) is 30.5 Å². The molecule has 0 radical (unpaired) electrons. The molecule has 66 valence electrons. The Morgan fingerprint density at radius 3 is 2.69 bits per heavy atom. The molecule has 1 heterocycles. The Labute approximate surface area is 77.6 Å². The summed E-state index contributed by atoms with van der Waals surface area (Å²) in [5, 5.41) is 9.42. The second kappa shape index (κ2) is 3.20. The molecule has 0 aromatic carbocycles. The fraction of sp³-hybridized carbons (Fsp3) is 0.364. The summed E-state index contributed by atoms with van der Waals surface area (Å²) in [6, 6.07) is 3.87. The molecule has 0 saturated heterocycles. The van der Waals surface area contributed by atoms with Crippen LogP contribution in [0.25, 0.3) is 0 Å². The van der Waals surface area contributed by atoms with Crippen LogP contribution in [0.1, 0.15) is 18.4 Å². The molecule has 0 unspecified atom stereocenters. The molecule has 0 bridgehead atoms. The van der Waals surface area contributed by atoms with Crippen molar-refractivity contribution in [2.75, 3.05) is 0 Å². The largest absolute Gasteiger partial charge is 0.378 e. The summed E-state index contributed by atoms with van der Waals surface area (Å²) in [6.45, 7) is 0. The number of nitrogens with zero attached hydrogens (tertiary/aromatic N) is 1. The molecule has 1 saturated carbocycles. The fourth-order valence-corrected chi connectivity index (χ4v) is 1.05. The average Bonchev–Trinajstić information content (AvgIpc) is 2.86. The quantitative estimate of drug-likeness (QED) is 0.646. The van der Waals surface area contributed by atoms with Gasteiger partial charge in [0.2, 0.25) is 0 Å². The zero-order valence-electron chi connectivity index (χ0n) is 7.33. The van der Waals surface area contributed by atoms with Crippen LogP contribution in [0.5, 0.6) is 0 Å². The van der Waals surface area contributed by atoms with E-state index in [0.29, 0.717) is 6.42 Å². The Morgan fingerprint density at radius 1 is 1.38 bits per heavy atom. The molecule has 1 aromatic rings. The standard InChI is InChI=1S/C11H11NO/c13-11(6-7-11)5-1-2-10-3-8-12-9-4-10/h3-4,8-9,13H,2,6-7H2. The van der Waals surface area contributed by atoms with E-state index in [2.05, 4.69) is 16.8 Å². The van der Waals surface area contributed by atoms with Crippen LogP contribution in [-0.4, -0.2) is 15.7 Å². The van der Waals surface area contributed by atoms with Gasteiger partial charge in [-0.1, -0.05) is 11.8 Å². The van der Waals surface area contributed by atoms with Crippen LogP contribution in [0.4, 0.5) is 0 Å². The van der Waals surface area contributed by atoms with Crippen molar-refractivity contribution < 1.29 is 5.11 Å². The third-order valence-electron chi connectivity index (χ3n) is 2.09. The molecule has 2 nitrogen and oxygen atoms in total. The van der Waals surface area contributed by atoms with Crippen molar-refractivity contribution in [2.24, 2.45) is 0 Å². The van der Waals surface area contributed by atoms with Crippen molar-refractivity contribution in [2.45, 2.75) is 24.9 Å². The molecule has 13 heavy (non-hydrogen) atoms. The van der Waals surface area contributed by atoms with Crippen LogP contribution in [-0.2, 0) is 6.42 Å². The first-order valence-corrected chi connectivity index (χ1v) is 4.40. The molecule has 0 atom stereocenters. The molecule has 2 rings (SSSR count). The Bertz CT molecular complexity index is 343. The molecule has 1 N–H and O–H groups in total. The number of pyridine rings is 1. The summed E-state index contributed by atoms with van der Waals surface area (Å²) in [5.74, 6) is 5.84. The lowest BCUT2D eigenvalue weighted by Gasteiger charge is -1.93. The third kappa shape index (κ3) is 2.30. The third-order valence-corrected chi connectivity index (χ3v) is 2.09. The Balaban J connectivity index is 1.95. The first-order valence-electron chi connectivity index (χ1n) is 4.40. The summed E-state index contributed by atoms with van der Waals surface area (Å²) in [5.41, 5.74) is 0.499. The molecule has 1 aliphatic rings. The summed E-state index contributed by atoms with van der Waals surface area (Å²) < 4.78 is 0. The summed E-state index contributed by atoms with van der Waals surface area (Å²) in [6.07, 6.45) is 5.86. The number of hydrogen-bond acceptors (Lipinski definition) is 2. The van der Waals surface area contributed by atoms with Gasteiger partial charge in [0.05, 0.1) is 0 Å². The monoisotopic (exact) mass is 173 g/mol. The molecule has 0 amide bonds. The number of aliphatic hydroxyl groups is 1. The fourth-order valence-electron chi connectivity index (χ4n) is 1.05. The van der Waals surface area contributed by atoms with Crippen LogP contribution >= 0.6 is 0 Å². The zero-order valence-corrected chi connectivity index (χ0v) is 7.33. The predicted molar refractivity (Wildman–Crippen MR) is 49.9 cm³/mol. The van der Waals surface area contributed by atoms with Crippen LogP contribution < -0.4 is 0 Å². The normalized spacial score (nSPS) is 17.3. The minimum atomic E-state index is -0.646. The Morgan fingerprint density at radius 2 is 2.08 bits per heavy atom. The highest BCUT2D eigenvalue weighted by Gasteiger charge is 2.38. The van der Waals surface area contributed by atoms with E-state index in [1.165, 1.54) is 0 Å². The van der Waals surface area contributed by atoms with Crippen molar-refractivity contribution in [1.29, 1.82) is 0 Å². The SMILES string of the molecule is OC1(C#CCc2ccncc2)CC1. The van der Waals surface area contributed by atoms with Gasteiger partial charge in [0, 0.05) is 18.8 Å². The molecule has 1 aliphatic carbocycles. The molecule has 0 aliphatic heterocycles. The van der Waals surface area contributed by atoms with E-state index in [-0.39, 0.29) is 0 Å². The highest BCUT2D eigenvalue weighted by molar-refractivity contribution is 5.25. The maximum Gasteiger partial charge on any atom is 0.125 e. The van der Waals surface area contributed by atoms with E-state index in [0.717, 1.165) is 18.4 Å². The van der Waals surface area contributed by atoms with Crippen molar-refractivity contribution in [1.82, 2.24) is 4.98 Å². The Kier molecular flexibility index (Phi) is 2.03. The van der Waals surface area contributed by atoms with E-state index >= 15 is 0 Å².